The zero-order valence-electron chi connectivity index (χ0n) is 15.5. The number of aliphatic carboxylic acids is 1. The molecular formula is C20H34O4. The number of unbranched alkanes of at least 4 members (excludes halogenated alkanes) is 4. The van der Waals surface area contributed by atoms with E-state index in [2.05, 4.69) is 13.8 Å². The van der Waals surface area contributed by atoms with Gasteiger partial charge in [0.05, 0.1) is 17.9 Å². The summed E-state index contributed by atoms with van der Waals surface area (Å²) in [5.41, 5.74) is 0. The molecule has 1 rings (SSSR count). The Bertz CT molecular complexity index is 414. The molecule has 0 bridgehead atoms. The number of ether oxygens (including phenoxy) is 1. The molecule has 24 heavy (non-hydrogen) atoms. The number of rotatable bonds is 11. The monoisotopic (exact) mass is 338 g/mol. The Morgan fingerprint density at radius 3 is 2.08 bits per heavy atom. The first-order valence-corrected chi connectivity index (χ1v) is 9.50. The van der Waals surface area contributed by atoms with E-state index in [0.717, 1.165) is 18.8 Å². The number of esters is 1. The van der Waals surface area contributed by atoms with E-state index in [4.69, 9.17) is 4.74 Å². The molecule has 0 heterocycles. The highest BCUT2D eigenvalue weighted by Crippen LogP contribution is 2.27. The average molecular weight is 338 g/mol. The quantitative estimate of drug-likeness (QED) is 0.328. The molecule has 0 saturated carbocycles. The van der Waals surface area contributed by atoms with Crippen LogP contribution in [0, 0.1) is 17.8 Å². The maximum absolute atomic E-state index is 12.2. The number of hydrogen-bond donors (Lipinski definition) is 1. The van der Waals surface area contributed by atoms with Crippen molar-refractivity contribution in [2.24, 2.45) is 17.8 Å². The molecule has 0 saturated heterocycles. The van der Waals surface area contributed by atoms with Gasteiger partial charge in [-0.25, -0.2) is 0 Å². The van der Waals surface area contributed by atoms with E-state index in [-0.39, 0.29) is 12.1 Å². The maximum Gasteiger partial charge on any atom is 0.310 e. The van der Waals surface area contributed by atoms with Crippen LogP contribution in [0.2, 0.25) is 0 Å². The first-order valence-electron chi connectivity index (χ1n) is 9.50. The molecule has 138 valence electrons. The molecule has 1 aliphatic rings. The standard InChI is InChI=1S/C20H34O4/c1-15(2)11-7-5-4-6-8-12-16(3)24-20(23)18-14-10-9-13-17(18)19(21)22/h9-10,15-18H,4-8,11-14H2,1-3H3,(H,21,22). The highest BCUT2D eigenvalue weighted by molar-refractivity contribution is 5.81. The van der Waals surface area contributed by atoms with E-state index < -0.39 is 17.8 Å². The van der Waals surface area contributed by atoms with Crippen molar-refractivity contribution in [1.29, 1.82) is 0 Å². The summed E-state index contributed by atoms with van der Waals surface area (Å²) in [7, 11) is 0. The molecule has 0 aromatic carbocycles. The minimum atomic E-state index is -0.907. The molecule has 0 spiro atoms. The third kappa shape index (κ3) is 7.98. The third-order valence-electron chi connectivity index (χ3n) is 4.76. The SMILES string of the molecule is CC(C)CCCCCCCC(C)OC(=O)C1CC=CCC1C(=O)O. The first-order chi connectivity index (χ1) is 11.4. The predicted octanol–water partition coefficient (Wildman–Crippen LogP) is 4.97. The number of carboxylic acids is 1. The summed E-state index contributed by atoms with van der Waals surface area (Å²) in [6.07, 6.45) is 12.7. The average Bonchev–Trinajstić information content (AvgIpc) is 2.53. The van der Waals surface area contributed by atoms with Crippen molar-refractivity contribution < 1.29 is 19.4 Å². The van der Waals surface area contributed by atoms with E-state index in [1.54, 1.807) is 0 Å². The molecule has 1 N–H and O–H groups in total. The minimum Gasteiger partial charge on any atom is -0.481 e. The maximum atomic E-state index is 12.2. The second kappa shape index (κ2) is 11.3. The second-order valence-corrected chi connectivity index (χ2v) is 7.48. The molecule has 0 aromatic rings. The molecule has 0 radical (unpaired) electrons. The van der Waals surface area contributed by atoms with Gasteiger partial charge in [0.15, 0.2) is 0 Å². The Balaban J connectivity index is 2.19. The van der Waals surface area contributed by atoms with Gasteiger partial charge in [-0.3, -0.25) is 9.59 Å². The van der Waals surface area contributed by atoms with Gasteiger partial charge in [-0.2, -0.15) is 0 Å². The molecule has 3 unspecified atom stereocenters. The van der Waals surface area contributed by atoms with Gasteiger partial charge < -0.3 is 9.84 Å². The summed E-state index contributed by atoms with van der Waals surface area (Å²) in [5.74, 6) is -1.65. The van der Waals surface area contributed by atoms with Gasteiger partial charge in [0.2, 0.25) is 0 Å². The molecule has 0 aliphatic heterocycles. The number of carboxylic acid groups (broad SMARTS) is 1. The van der Waals surface area contributed by atoms with E-state index in [9.17, 15) is 14.7 Å². The van der Waals surface area contributed by atoms with Gasteiger partial charge >= 0.3 is 11.9 Å². The van der Waals surface area contributed by atoms with Crippen molar-refractivity contribution >= 4 is 11.9 Å². The van der Waals surface area contributed by atoms with Crippen LogP contribution in [0.25, 0.3) is 0 Å². The van der Waals surface area contributed by atoms with Crippen molar-refractivity contribution in [3.8, 4) is 0 Å². The van der Waals surface area contributed by atoms with Crippen molar-refractivity contribution in [2.45, 2.75) is 84.7 Å². The van der Waals surface area contributed by atoms with Crippen molar-refractivity contribution in [3.05, 3.63) is 12.2 Å². The van der Waals surface area contributed by atoms with Crippen molar-refractivity contribution in [2.75, 3.05) is 0 Å². The number of allylic oxidation sites excluding steroid dienone is 2. The lowest BCUT2D eigenvalue weighted by Crippen LogP contribution is -2.33. The van der Waals surface area contributed by atoms with Crippen LogP contribution in [0.5, 0.6) is 0 Å². The van der Waals surface area contributed by atoms with Crippen LogP contribution in [0.4, 0.5) is 0 Å². The van der Waals surface area contributed by atoms with Gasteiger partial charge in [0, 0.05) is 0 Å². The first kappa shape index (κ1) is 20.7. The van der Waals surface area contributed by atoms with E-state index in [0.29, 0.717) is 12.8 Å². The number of hydrogen-bond acceptors (Lipinski definition) is 3. The van der Waals surface area contributed by atoms with Gasteiger partial charge in [0.1, 0.15) is 0 Å². The molecule has 1 aliphatic carbocycles. The second-order valence-electron chi connectivity index (χ2n) is 7.48. The summed E-state index contributed by atoms with van der Waals surface area (Å²) in [6, 6.07) is 0. The number of carbonyl (C=O) groups is 2. The zero-order chi connectivity index (χ0) is 17.9. The normalized spacial score (nSPS) is 21.7. The van der Waals surface area contributed by atoms with Crippen LogP contribution in [0.3, 0.4) is 0 Å². The molecular weight excluding hydrogens is 304 g/mol. The Labute approximate surface area is 146 Å². The van der Waals surface area contributed by atoms with Crippen LogP contribution in [-0.4, -0.2) is 23.1 Å². The summed E-state index contributed by atoms with van der Waals surface area (Å²) >= 11 is 0. The Morgan fingerprint density at radius 1 is 0.958 bits per heavy atom. The van der Waals surface area contributed by atoms with E-state index in [1.165, 1.54) is 32.1 Å². The van der Waals surface area contributed by atoms with E-state index >= 15 is 0 Å². The van der Waals surface area contributed by atoms with E-state index in [1.807, 2.05) is 19.1 Å². The summed E-state index contributed by atoms with van der Waals surface area (Å²) in [5, 5.41) is 9.23. The molecule has 4 heteroatoms. The summed E-state index contributed by atoms with van der Waals surface area (Å²) in [6.45, 7) is 6.42. The Hall–Kier alpha value is -1.32. The topological polar surface area (TPSA) is 63.6 Å². The fraction of sp³-hybridized carbons (Fsp3) is 0.800. The lowest BCUT2D eigenvalue weighted by Gasteiger charge is -2.25. The van der Waals surface area contributed by atoms with Crippen LogP contribution in [0.1, 0.15) is 78.6 Å². The third-order valence-corrected chi connectivity index (χ3v) is 4.76. The van der Waals surface area contributed by atoms with Gasteiger partial charge in [-0.05, 0) is 38.5 Å². The highest BCUT2D eigenvalue weighted by Gasteiger charge is 2.35. The lowest BCUT2D eigenvalue weighted by molar-refractivity contribution is -0.161. The molecule has 0 fully saturated rings. The highest BCUT2D eigenvalue weighted by atomic mass is 16.5. The Kier molecular flexibility index (Phi) is 9.73. The van der Waals surface area contributed by atoms with Gasteiger partial charge in [-0.15, -0.1) is 0 Å². The Morgan fingerprint density at radius 2 is 1.50 bits per heavy atom. The summed E-state index contributed by atoms with van der Waals surface area (Å²) in [4.78, 5) is 23.5. The smallest absolute Gasteiger partial charge is 0.310 e. The summed E-state index contributed by atoms with van der Waals surface area (Å²) < 4.78 is 5.49. The fourth-order valence-electron chi connectivity index (χ4n) is 3.21. The minimum absolute atomic E-state index is 0.131. The van der Waals surface area contributed by atoms with Gasteiger partial charge in [-0.1, -0.05) is 58.1 Å². The largest absolute Gasteiger partial charge is 0.481 e. The van der Waals surface area contributed by atoms with Gasteiger partial charge in [0.25, 0.3) is 0 Å². The predicted molar refractivity (Wildman–Crippen MR) is 95.7 cm³/mol. The zero-order valence-corrected chi connectivity index (χ0v) is 15.5. The lowest BCUT2D eigenvalue weighted by atomic mass is 9.83. The van der Waals surface area contributed by atoms with Crippen LogP contribution in [-0.2, 0) is 14.3 Å². The van der Waals surface area contributed by atoms with Crippen molar-refractivity contribution in [3.63, 3.8) is 0 Å². The molecule has 4 nitrogen and oxygen atoms in total. The van der Waals surface area contributed by atoms with Crippen LogP contribution < -0.4 is 0 Å². The van der Waals surface area contributed by atoms with Crippen LogP contribution in [0.15, 0.2) is 12.2 Å². The molecule has 0 amide bonds. The molecule has 3 atom stereocenters. The molecule has 0 aromatic heterocycles. The number of carbonyl (C=O) groups excluding carboxylic acids is 1. The van der Waals surface area contributed by atoms with Crippen molar-refractivity contribution in [1.82, 2.24) is 0 Å². The van der Waals surface area contributed by atoms with Crippen LogP contribution >= 0.6 is 0 Å². The fourth-order valence-corrected chi connectivity index (χ4v) is 3.21.